The number of nitrogens with zero attached hydrogens (tertiary/aromatic N) is 4. The molecule has 0 saturated heterocycles. The molecule has 0 radical (unpaired) electrons. The molecule has 0 bridgehead atoms. The van der Waals surface area contributed by atoms with Crippen LogP contribution in [0.4, 0.5) is 5.95 Å². The van der Waals surface area contributed by atoms with Gasteiger partial charge in [-0.05, 0) is 6.92 Å². The molecule has 7 heteroatoms. The van der Waals surface area contributed by atoms with E-state index >= 15 is 0 Å². The monoisotopic (exact) mass is 223 g/mol. The normalized spacial score (nSPS) is 10.5. The molecule has 6 nitrogen and oxygen atoms in total. The van der Waals surface area contributed by atoms with Crippen molar-refractivity contribution in [2.75, 3.05) is 5.73 Å². The molecule has 0 aliphatic rings. The molecule has 2 aromatic heterocycles. The Balaban J connectivity index is 2.10. The van der Waals surface area contributed by atoms with Gasteiger partial charge in [0.1, 0.15) is 11.3 Å². The van der Waals surface area contributed by atoms with Gasteiger partial charge in [0.05, 0.1) is 6.42 Å². The van der Waals surface area contributed by atoms with E-state index in [1.807, 2.05) is 12.3 Å². The van der Waals surface area contributed by atoms with Crippen LogP contribution >= 0.6 is 11.3 Å². The van der Waals surface area contributed by atoms with E-state index < -0.39 is 0 Å². The molecule has 0 spiro atoms. The number of carbonyl (C=O) groups is 1. The van der Waals surface area contributed by atoms with Crippen molar-refractivity contribution in [3.63, 3.8) is 0 Å². The topological polar surface area (TPSA) is 86.7 Å². The van der Waals surface area contributed by atoms with Crippen LogP contribution in [0.1, 0.15) is 15.5 Å². The summed E-state index contributed by atoms with van der Waals surface area (Å²) in [4.78, 5) is 19.5. The zero-order chi connectivity index (χ0) is 10.8. The quantitative estimate of drug-likeness (QED) is 0.801. The number of aromatic nitrogens is 4. The minimum absolute atomic E-state index is 0.0960. The lowest BCUT2D eigenvalue weighted by molar-refractivity contribution is 0.0898. The first-order valence-electron chi connectivity index (χ1n) is 4.26. The van der Waals surface area contributed by atoms with Crippen LogP contribution in [-0.4, -0.2) is 25.7 Å². The number of nitrogens with two attached hydrogens (primary N) is 1. The first kappa shape index (κ1) is 9.78. The molecule has 0 aromatic carbocycles. The van der Waals surface area contributed by atoms with Crippen LogP contribution < -0.4 is 5.73 Å². The molecule has 78 valence electrons. The minimum atomic E-state index is -0.187. The molecule has 2 aromatic rings. The van der Waals surface area contributed by atoms with Gasteiger partial charge in [0.15, 0.2) is 0 Å². The summed E-state index contributed by atoms with van der Waals surface area (Å²) in [6.45, 7) is 1.89. The molecule has 0 unspecified atom stereocenters. The minimum Gasteiger partial charge on any atom is -0.366 e. The Hall–Kier alpha value is -1.76. The largest absolute Gasteiger partial charge is 0.366 e. The predicted octanol–water partition coefficient (Wildman–Crippen LogP) is 0.508. The third-order valence-corrected chi connectivity index (χ3v) is 2.70. The summed E-state index contributed by atoms with van der Waals surface area (Å²) in [5.74, 6) is -0.0905. The molecule has 0 aliphatic heterocycles. The van der Waals surface area contributed by atoms with Crippen molar-refractivity contribution in [1.82, 2.24) is 19.7 Å². The molecule has 2 N–H and O–H groups in total. The average molecular weight is 223 g/mol. The summed E-state index contributed by atoms with van der Waals surface area (Å²) < 4.78 is 1.13. The molecule has 0 aliphatic carbocycles. The first-order valence-corrected chi connectivity index (χ1v) is 5.14. The lowest BCUT2D eigenvalue weighted by Gasteiger charge is -1.95. The second-order valence-corrected chi connectivity index (χ2v) is 3.94. The zero-order valence-corrected chi connectivity index (χ0v) is 8.86. The number of hydrogen-bond acceptors (Lipinski definition) is 6. The lowest BCUT2D eigenvalue weighted by atomic mass is 10.4. The van der Waals surface area contributed by atoms with E-state index in [0.29, 0.717) is 0 Å². The molecule has 15 heavy (non-hydrogen) atoms. The highest BCUT2D eigenvalue weighted by Crippen LogP contribution is 2.09. The Morgan fingerprint density at radius 2 is 2.47 bits per heavy atom. The van der Waals surface area contributed by atoms with Gasteiger partial charge in [0.25, 0.3) is 5.91 Å². The number of anilines is 1. The maximum Gasteiger partial charge on any atom is 0.255 e. The van der Waals surface area contributed by atoms with E-state index in [4.69, 9.17) is 5.73 Å². The third-order valence-electron chi connectivity index (χ3n) is 1.73. The van der Waals surface area contributed by atoms with E-state index in [2.05, 4.69) is 15.1 Å². The van der Waals surface area contributed by atoms with Crippen LogP contribution in [0, 0.1) is 6.92 Å². The highest BCUT2D eigenvalue weighted by atomic mass is 32.1. The summed E-state index contributed by atoms with van der Waals surface area (Å²) in [5.41, 5.74) is 6.22. The Kier molecular flexibility index (Phi) is 2.46. The van der Waals surface area contributed by atoms with E-state index in [9.17, 15) is 4.79 Å². The number of nitrogen functional groups attached to an aromatic ring is 1. The molecule has 0 saturated carbocycles. The summed E-state index contributed by atoms with van der Waals surface area (Å²) in [5, 5.41) is 6.40. The molecular formula is C8H9N5OS. The van der Waals surface area contributed by atoms with Crippen molar-refractivity contribution >= 4 is 23.2 Å². The van der Waals surface area contributed by atoms with E-state index in [-0.39, 0.29) is 18.3 Å². The van der Waals surface area contributed by atoms with Crippen molar-refractivity contribution in [2.45, 2.75) is 13.3 Å². The number of thiazole rings is 1. The van der Waals surface area contributed by atoms with Gasteiger partial charge in [-0.3, -0.25) is 4.79 Å². The van der Waals surface area contributed by atoms with E-state index in [1.54, 1.807) is 0 Å². The number of carbonyl (C=O) groups excluding carboxylic acids is 1. The Morgan fingerprint density at radius 1 is 1.67 bits per heavy atom. The van der Waals surface area contributed by atoms with Crippen LogP contribution in [0.3, 0.4) is 0 Å². The van der Waals surface area contributed by atoms with Crippen molar-refractivity contribution in [3.8, 4) is 0 Å². The SMILES string of the molecule is Cc1csc(CC(=O)n2cnc(N)n2)n1. The summed E-state index contributed by atoms with van der Waals surface area (Å²) in [6.07, 6.45) is 1.53. The van der Waals surface area contributed by atoms with Gasteiger partial charge in [0.2, 0.25) is 5.95 Å². The number of hydrogen-bond donors (Lipinski definition) is 1. The van der Waals surface area contributed by atoms with Gasteiger partial charge in [0, 0.05) is 11.1 Å². The number of rotatable bonds is 2. The molecular weight excluding hydrogens is 214 g/mol. The maximum atomic E-state index is 11.6. The van der Waals surface area contributed by atoms with Crippen molar-refractivity contribution in [3.05, 3.63) is 22.4 Å². The highest BCUT2D eigenvalue weighted by Gasteiger charge is 2.10. The molecule has 0 amide bonds. The van der Waals surface area contributed by atoms with Crippen LogP contribution in [-0.2, 0) is 6.42 Å². The lowest BCUT2D eigenvalue weighted by Crippen LogP contribution is -2.14. The zero-order valence-electron chi connectivity index (χ0n) is 8.04. The molecule has 0 fully saturated rings. The van der Waals surface area contributed by atoms with Gasteiger partial charge in [-0.1, -0.05) is 0 Å². The van der Waals surface area contributed by atoms with Gasteiger partial charge >= 0.3 is 0 Å². The van der Waals surface area contributed by atoms with Crippen LogP contribution in [0.25, 0.3) is 0 Å². The van der Waals surface area contributed by atoms with Gasteiger partial charge < -0.3 is 5.73 Å². The smallest absolute Gasteiger partial charge is 0.255 e. The summed E-state index contributed by atoms with van der Waals surface area (Å²) in [7, 11) is 0. The van der Waals surface area contributed by atoms with E-state index in [0.717, 1.165) is 15.4 Å². The van der Waals surface area contributed by atoms with Crippen LogP contribution in [0.2, 0.25) is 0 Å². The van der Waals surface area contributed by atoms with Crippen molar-refractivity contribution in [1.29, 1.82) is 0 Å². The second-order valence-electron chi connectivity index (χ2n) is 3.00. The Morgan fingerprint density at radius 3 is 3.00 bits per heavy atom. The molecule has 2 heterocycles. The second kappa shape index (κ2) is 3.77. The third kappa shape index (κ3) is 2.18. The van der Waals surface area contributed by atoms with Gasteiger partial charge in [-0.15, -0.1) is 16.4 Å². The first-order chi connectivity index (χ1) is 7.15. The standard InChI is InChI=1S/C8H9N5OS/c1-5-3-15-6(11-5)2-7(14)13-4-10-8(9)12-13/h3-4H,2H2,1H3,(H2,9,12). The van der Waals surface area contributed by atoms with E-state index in [1.165, 1.54) is 17.7 Å². The fourth-order valence-electron chi connectivity index (χ4n) is 1.09. The fraction of sp³-hybridized carbons (Fsp3) is 0.250. The van der Waals surface area contributed by atoms with Crippen molar-refractivity contribution < 1.29 is 4.79 Å². The average Bonchev–Trinajstić information content (AvgIpc) is 2.75. The summed E-state index contributed by atoms with van der Waals surface area (Å²) in [6, 6.07) is 0. The van der Waals surface area contributed by atoms with Gasteiger partial charge in [-0.25, -0.2) is 9.97 Å². The predicted molar refractivity (Wildman–Crippen MR) is 55.6 cm³/mol. The van der Waals surface area contributed by atoms with Crippen LogP contribution in [0.15, 0.2) is 11.7 Å². The van der Waals surface area contributed by atoms with Gasteiger partial charge in [-0.2, -0.15) is 4.68 Å². The highest BCUT2D eigenvalue weighted by molar-refractivity contribution is 7.09. The fourth-order valence-corrected chi connectivity index (χ4v) is 1.85. The Bertz CT molecular complexity index is 489. The Labute approximate surface area is 89.8 Å². The maximum absolute atomic E-state index is 11.6. The number of aryl methyl sites for hydroxylation is 1. The van der Waals surface area contributed by atoms with Crippen molar-refractivity contribution in [2.24, 2.45) is 0 Å². The molecule has 0 atom stereocenters. The van der Waals surface area contributed by atoms with Crippen LogP contribution in [0.5, 0.6) is 0 Å². The summed E-state index contributed by atoms with van der Waals surface area (Å²) >= 11 is 1.45. The molecule has 2 rings (SSSR count).